The van der Waals surface area contributed by atoms with Crippen LogP contribution in [0.1, 0.15) is 61.0 Å². The van der Waals surface area contributed by atoms with Gasteiger partial charge in [-0.05, 0) is 47.7 Å². The Kier molecular flexibility index (Phi) is 7.21. The van der Waals surface area contributed by atoms with Gasteiger partial charge in [-0.1, -0.05) is 45.0 Å². The summed E-state index contributed by atoms with van der Waals surface area (Å²) in [7, 11) is 3.47. The SMILES string of the molecule is COc1cccc(C(NC(=O)C(C)NC(=O)c2ccc(C(C)(C)C)cc2)c2nccn2C)c1. The first-order chi connectivity index (χ1) is 15.6. The number of ether oxygens (including phenoxy) is 1. The zero-order chi connectivity index (χ0) is 24.2. The number of nitrogens with zero attached hydrogens (tertiary/aromatic N) is 2. The average Bonchev–Trinajstić information content (AvgIpc) is 3.22. The van der Waals surface area contributed by atoms with Crippen molar-refractivity contribution in [1.29, 1.82) is 0 Å². The van der Waals surface area contributed by atoms with Gasteiger partial charge in [-0.15, -0.1) is 0 Å². The summed E-state index contributed by atoms with van der Waals surface area (Å²) in [5.41, 5.74) is 2.48. The van der Waals surface area contributed by atoms with Crippen LogP contribution in [0.4, 0.5) is 0 Å². The Morgan fingerprint density at radius 3 is 2.33 bits per heavy atom. The van der Waals surface area contributed by atoms with E-state index in [4.69, 9.17) is 4.74 Å². The maximum absolute atomic E-state index is 13.0. The first-order valence-corrected chi connectivity index (χ1v) is 10.9. The molecule has 2 unspecified atom stereocenters. The third-order valence-electron chi connectivity index (χ3n) is 5.58. The molecule has 0 aliphatic carbocycles. The summed E-state index contributed by atoms with van der Waals surface area (Å²) < 4.78 is 7.19. The van der Waals surface area contributed by atoms with Gasteiger partial charge in [0.05, 0.1) is 7.11 Å². The van der Waals surface area contributed by atoms with E-state index in [9.17, 15) is 9.59 Å². The van der Waals surface area contributed by atoms with E-state index in [-0.39, 0.29) is 17.2 Å². The highest BCUT2D eigenvalue weighted by Crippen LogP contribution is 2.25. The minimum Gasteiger partial charge on any atom is -0.497 e. The number of methoxy groups -OCH3 is 1. The highest BCUT2D eigenvalue weighted by Gasteiger charge is 2.25. The molecule has 0 bridgehead atoms. The van der Waals surface area contributed by atoms with Crippen molar-refractivity contribution in [2.45, 2.75) is 45.2 Å². The number of amides is 2. The van der Waals surface area contributed by atoms with Gasteiger partial charge in [0.2, 0.25) is 5.91 Å². The first kappa shape index (κ1) is 24.0. The van der Waals surface area contributed by atoms with Crippen LogP contribution in [-0.2, 0) is 17.3 Å². The fraction of sp³-hybridized carbons (Fsp3) is 0.346. The van der Waals surface area contributed by atoms with Gasteiger partial charge in [0.25, 0.3) is 5.91 Å². The number of imidazole rings is 1. The summed E-state index contributed by atoms with van der Waals surface area (Å²) >= 11 is 0. The number of hydrogen-bond donors (Lipinski definition) is 2. The Morgan fingerprint density at radius 1 is 1.06 bits per heavy atom. The molecular formula is C26H32N4O3. The normalized spacial score (nSPS) is 13.2. The second-order valence-corrected chi connectivity index (χ2v) is 9.14. The minimum atomic E-state index is -0.742. The van der Waals surface area contributed by atoms with Crippen molar-refractivity contribution in [2.24, 2.45) is 7.05 Å². The number of carbonyl (C=O) groups is 2. The van der Waals surface area contributed by atoms with E-state index < -0.39 is 12.1 Å². The average molecular weight is 449 g/mol. The fourth-order valence-corrected chi connectivity index (χ4v) is 3.51. The van der Waals surface area contributed by atoms with Gasteiger partial charge in [-0.2, -0.15) is 0 Å². The highest BCUT2D eigenvalue weighted by molar-refractivity contribution is 5.97. The van der Waals surface area contributed by atoms with Crippen LogP contribution < -0.4 is 15.4 Å². The molecule has 0 radical (unpaired) electrons. The van der Waals surface area contributed by atoms with E-state index in [1.807, 2.05) is 54.2 Å². The Labute approximate surface area is 195 Å². The molecule has 1 heterocycles. The molecule has 2 atom stereocenters. The van der Waals surface area contributed by atoms with E-state index in [0.29, 0.717) is 17.1 Å². The monoisotopic (exact) mass is 448 g/mol. The third-order valence-corrected chi connectivity index (χ3v) is 5.58. The summed E-state index contributed by atoms with van der Waals surface area (Å²) in [6.45, 7) is 8.02. The summed E-state index contributed by atoms with van der Waals surface area (Å²) in [4.78, 5) is 30.2. The van der Waals surface area contributed by atoms with Gasteiger partial charge in [0, 0.05) is 25.0 Å². The van der Waals surface area contributed by atoms with E-state index >= 15 is 0 Å². The van der Waals surface area contributed by atoms with Crippen LogP contribution in [0.3, 0.4) is 0 Å². The van der Waals surface area contributed by atoms with Gasteiger partial charge in [-0.25, -0.2) is 4.98 Å². The molecule has 33 heavy (non-hydrogen) atoms. The van der Waals surface area contributed by atoms with Crippen LogP contribution in [0.5, 0.6) is 5.75 Å². The molecule has 174 valence electrons. The van der Waals surface area contributed by atoms with E-state index in [2.05, 4.69) is 36.4 Å². The summed E-state index contributed by atoms with van der Waals surface area (Å²) in [6.07, 6.45) is 3.50. The number of rotatable bonds is 7. The van der Waals surface area contributed by atoms with E-state index in [1.54, 1.807) is 32.4 Å². The Morgan fingerprint density at radius 2 is 1.76 bits per heavy atom. The number of carbonyl (C=O) groups excluding carboxylic acids is 2. The molecule has 7 nitrogen and oxygen atoms in total. The molecule has 2 amide bonds. The number of aryl methyl sites for hydroxylation is 1. The molecule has 3 rings (SSSR count). The lowest BCUT2D eigenvalue weighted by atomic mass is 9.86. The van der Waals surface area contributed by atoms with Crippen LogP contribution in [0.2, 0.25) is 0 Å². The van der Waals surface area contributed by atoms with Crippen LogP contribution in [0.25, 0.3) is 0 Å². The summed E-state index contributed by atoms with van der Waals surface area (Å²) in [5.74, 6) is 0.743. The molecular weight excluding hydrogens is 416 g/mol. The largest absolute Gasteiger partial charge is 0.497 e. The standard InChI is InChI=1S/C26H32N4O3/c1-17(28-25(32)18-10-12-20(13-11-18)26(2,3)4)24(31)29-22(23-27-14-15-30(23)5)19-8-7-9-21(16-19)33-6/h7-17,22H,1-6H3,(H,28,32)(H,29,31). The Bertz CT molecular complexity index is 1110. The molecule has 0 spiro atoms. The van der Waals surface area contributed by atoms with E-state index in [0.717, 1.165) is 11.1 Å². The van der Waals surface area contributed by atoms with Crippen molar-refractivity contribution in [3.8, 4) is 5.75 Å². The Hall–Kier alpha value is -3.61. The lowest BCUT2D eigenvalue weighted by Crippen LogP contribution is -2.46. The summed E-state index contributed by atoms with van der Waals surface area (Å²) in [5, 5.41) is 5.81. The van der Waals surface area contributed by atoms with Crippen molar-refractivity contribution in [3.63, 3.8) is 0 Å². The van der Waals surface area contributed by atoms with E-state index in [1.165, 1.54) is 0 Å². The molecule has 0 aliphatic heterocycles. The van der Waals surface area contributed by atoms with Crippen molar-refractivity contribution in [1.82, 2.24) is 20.2 Å². The predicted octanol–water partition coefficient (Wildman–Crippen LogP) is 3.75. The van der Waals surface area contributed by atoms with Gasteiger partial charge >= 0.3 is 0 Å². The molecule has 2 N–H and O–H groups in total. The maximum atomic E-state index is 13.0. The molecule has 0 fully saturated rings. The zero-order valence-corrected chi connectivity index (χ0v) is 20.0. The van der Waals surface area contributed by atoms with Gasteiger partial charge in [0.1, 0.15) is 23.7 Å². The van der Waals surface area contributed by atoms with Crippen molar-refractivity contribution in [2.75, 3.05) is 7.11 Å². The highest BCUT2D eigenvalue weighted by atomic mass is 16.5. The molecule has 0 aliphatic rings. The Balaban J connectivity index is 1.75. The van der Waals surface area contributed by atoms with Crippen LogP contribution >= 0.6 is 0 Å². The molecule has 7 heteroatoms. The van der Waals surface area contributed by atoms with Gasteiger partial charge in [0.15, 0.2) is 0 Å². The van der Waals surface area contributed by atoms with Crippen LogP contribution in [0.15, 0.2) is 60.9 Å². The van der Waals surface area contributed by atoms with Crippen LogP contribution in [-0.4, -0.2) is 34.5 Å². The number of hydrogen-bond acceptors (Lipinski definition) is 4. The fourth-order valence-electron chi connectivity index (χ4n) is 3.51. The van der Waals surface area contributed by atoms with Crippen LogP contribution in [0, 0.1) is 0 Å². The first-order valence-electron chi connectivity index (χ1n) is 10.9. The molecule has 2 aromatic carbocycles. The van der Waals surface area contributed by atoms with Gasteiger partial charge < -0.3 is 19.9 Å². The summed E-state index contributed by atoms with van der Waals surface area (Å²) in [6, 6.07) is 13.7. The molecule has 1 aromatic heterocycles. The minimum absolute atomic E-state index is 0.00227. The van der Waals surface area contributed by atoms with Crippen molar-refractivity contribution in [3.05, 3.63) is 83.4 Å². The number of aromatic nitrogens is 2. The van der Waals surface area contributed by atoms with Crippen molar-refractivity contribution < 1.29 is 14.3 Å². The zero-order valence-electron chi connectivity index (χ0n) is 20.0. The van der Waals surface area contributed by atoms with Gasteiger partial charge in [-0.3, -0.25) is 9.59 Å². The number of benzene rings is 2. The second-order valence-electron chi connectivity index (χ2n) is 9.14. The topological polar surface area (TPSA) is 85.2 Å². The predicted molar refractivity (Wildman–Crippen MR) is 128 cm³/mol. The molecule has 0 saturated heterocycles. The third kappa shape index (κ3) is 5.80. The molecule has 3 aromatic rings. The second kappa shape index (κ2) is 9.90. The maximum Gasteiger partial charge on any atom is 0.251 e. The quantitative estimate of drug-likeness (QED) is 0.577. The lowest BCUT2D eigenvalue weighted by molar-refractivity contribution is -0.123. The lowest BCUT2D eigenvalue weighted by Gasteiger charge is -2.22. The molecule has 0 saturated carbocycles. The number of nitrogens with one attached hydrogen (secondary N) is 2. The van der Waals surface area contributed by atoms with Crippen molar-refractivity contribution >= 4 is 11.8 Å². The smallest absolute Gasteiger partial charge is 0.251 e.